The summed E-state index contributed by atoms with van der Waals surface area (Å²) in [7, 11) is 0. The molecule has 0 aromatic rings. The molecule has 0 bridgehead atoms. The summed E-state index contributed by atoms with van der Waals surface area (Å²) in [4.78, 5) is 0. The van der Waals surface area contributed by atoms with Crippen molar-refractivity contribution in [3.05, 3.63) is 0 Å². The SMILES string of the molecule is CCCCCC(C)CCNCC(C)C. The Bertz CT molecular complexity index is 110. The molecule has 0 aliphatic carbocycles. The zero-order valence-corrected chi connectivity index (χ0v) is 10.6. The standard InChI is InChI=1S/C13H29N/c1-5-6-7-8-13(4)9-10-14-11-12(2)3/h12-14H,5-11H2,1-4H3. The van der Waals surface area contributed by atoms with Crippen LogP contribution in [0.5, 0.6) is 0 Å². The monoisotopic (exact) mass is 199 g/mol. The van der Waals surface area contributed by atoms with Crippen LogP contribution in [-0.4, -0.2) is 13.1 Å². The molecule has 0 amide bonds. The van der Waals surface area contributed by atoms with Crippen molar-refractivity contribution in [2.45, 2.75) is 59.8 Å². The van der Waals surface area contributed by atoms with Crippen LogP contribution < -0.4 is 5.32 Å². The van der Waals surface area contributed by atoms with Crippen LogP contribution in [0.3, 0.4) is 0 Å². The maximum atomic E-state index is 3.51. The second-order valence-electron chi connectivity index (χ2n) is 4.99. The fourth-order valence-electron chi connectivity index (χ4n) is 1.63. The molecule has 0 aliphatic heterocycles. The van der Waals surface area contributed by atoms with Crippen molar-refractivity contribution in [3.63, 3.8) is 0 Å². The number of nitrogens with one attached hydrogen (secondary N) is 1. The van der Waals surface area contributed by atoms with Crippen molar-refractivity contribution in [1.29, 1.82) is 0 Å². The van der Waals surface area contributed by atoms with Gasteiger partial charge in [0.2, 0.25) is 0 Å². The lowest BCUT2D eigenvalue weighted by Crippen LogP contribution is -2.22. The Labute approximate surface area is 90.7 Å². The molecular formula is C13H29N. The highest BCUT2D eigenvalue weighted by atomic mass is 14.8. The molecule has 1 atom stereocenters. The van der Waals surface area contributed by atoms with Gasteiger partial charge in [-0.2, -0.15) is 0 Å². The first-order valence-corrected chi connectivity index (χ1v) is 6.37. The van der Waals surface area contributed by atoms with Crippen LogP contribution in [0.25, 0.3) is 0 Å². The lowest BCUT2D eigenvalue weighted by Gasteiger charge is -2.12. The van der Waals surface area contributed by atoms with E-state index in [0.717, 1.165) is 11.8 Å². The third-order valence-corrected chi connectivity index (χ3v) is 2.67. The minimum atomic E-state index is 0.783. The minimum absolute atomic E-state index is 0.783. The lowest BCUT2D eigenvalue weighted by atomic mass is 10.00. The van der Waals surface area contributed by atoms with Crippen LogP contribution >= 0.6 is 0 Å². The fourth-order valence-corrected chi connectivity index (χ4v) is 1.63. The third kappa shape index (κ3) is 10.0. The molecular weight excluding hydrogens is 170 g/mol. The van der Waals surface area contributed by atoms with E-state index in [2.05, 4.69) is 33.0 Å². The van der Waals surface area contributed by atoms with Crippen molar-refractivity contribution in [1.82, 2.24) is 5.32 Å². The van der Waals surface area contributed by atoms with E-state index in [9.17, 15) is 0 Å². The molecule has 14 heavy (non-hydrogen) atoms. The molecule has 0 heterocycles. The van der Waals surface area contributed by atoms with Gasteiger partial charge < -0.3 is 5.32 Å². The van der Waals surface area contributed by atoms with Crippen LogP contribution in [0.15, 0.2) is 0 Å². The zero-order valence-electron chi connectivity index (χ0n) is 10.6. The first-order valence-electron chi connectivity index (χ1n) is 6.37. The smallest absolute Gasteiger partial charge is 0.00258 e. The van der Waals surface area contributed by atoms with Crippen LogP contribution in [0.1, 0.15) is 59.8 Å². The number of rotatable bonds is 9. The molecule has 1 nitrogen and oxygen atoms in total. The van der Waals surface area contributed by atoms with Gasteiger partial charge in [0.1, 0.15) is 0 Å². The first-order chi connectivity index (χ1) is 6.66. The largest absolute Gasteiger partial charge is 0.316 e. The molecule has 1 unspecified atom stereocenters. The van der Waals surface area contributed by atoms with Gasteiger partial charge in [0.25, 0.3) is 0 Å². The molecule has 0 rings (SSSR count). The summed E-state index contributed by atoms with van der Waals surface area (Å²) in [6.45, 7) is 11.5. The topological polar surface area (TPSA) is 12.0 Å². The Morgan fingerprint density at radius 2 is 1.71 bits per heavy atom. The summed E-state index contributed by atoms with van der Waals surface area (Å²) < 4.78 is 0. The fraction of sp³-hybridized carbons (Fsp3) is 1.00. The maximum absolute atomic E-state index is 3.51. The summed E-state index contributed by atoms with van der Waals surface area (Å²) in [5.74, 6) is 1.69. The highest BCUT2D eigenvalue weighted by Gasteiger charge is 2.01. The van der Waals surface area contributed by atoms with Gasteiger partial charge in [-0.1, -0.05) is 53.4 Å². The lowest BCUT2D eigenvalue weighted by molar-refractivity contribution is 0.437. The van der Waals surface area contributed by atoms with E-state index in [1.165, 1.54) is 45.2 Å². The second kappa shape index (κ2) is 9.51. The van der Waals surface area contributed by atoms with Crippen molar-refractivity contribution >= 4 is 0 Å². The van der Waals surface area contributed by atoms with Crippen molar-refractivity contribution in [3.8, 4) is 0 Å². The molecule has 0 radical (unpaired) electrons. The summed E-state index contributed by atoms with van der Waals surface area (Å²) in [6.07, 6.45) is 6.93. The van der Waals surface area contributed by atoms with Gasteiger partial charge in [-0.15, -0.1) is 0 Å². The molecule has 0 aromatic heterocycles. The minimum Gasteiger partial charge on any atom is -0.316 e. The zero-order chi connectivity index (χ0) is 10.8. The van der Waals surface area contributed by atoms with E-state index >= 15 is 0 Å². The van der Waals surface area contributed by atoms with Crippen LogP contribution in [0.4, 0.5) is 0 Å². The Morgan fingerprint density at radius 1 is 1.00 bits per heavy atom. The van der Waals surface area contributed by atoms with Gasteiger partial charge in [-0.25, -0.2) is 0 Å². The van der Waals surface area contributed by atoms with Crippen molar-refractivity contribution < 1.29 is 0 Å². The Morgan fingerprint density at radius 3 is 2.29 bits per heavy atom. The molecule has 1 heteroatoms. The average molecular weight is 199 g/mol. The Balaban J connectivity index is 3.14. The molecule has 1 N–H and O–H groups in total. The van der Waals surface area contributed by atoms with E-state index in [1.54, 1.807) is 0 Å². The van der Waals surface area contributed by atoms with E-state index in [0.29, 0.717) is 0 Å². The molecule has 86 valence electrons. The normalized spacial score (nSPS) is 13.5. The summed E-state index contributed by atoms with van der Waals surface area (Å²) >= 11 is 0. The van der Waals surface area contributed by atoms with E-state index in [-0.39, 0.29) is 0 Å². The van der Waals surface area contributed by atoms with E-state index in [4.69, 9.17) is 0 Å². The van der Waals surface area contributed by atoms with Crippen molar-refractivity contribution in [2.75, 3.05) is 13.1 Å². The molecule has 0 saturated carbocycles. The van der Waals surface area contributed by atoms with Crippen LogP contribution in [-0.2, 0) is 0 Å². The van der Waals surface area contributed by atoms with Gasteiger partial charge in [0.05, 0.1) is 0 Å². The van der Waals surface area contributed by atoms with Gasteiger partial charge in [0, 0.05) is 0 Å². The van der Waals surface area contributed by atoms with Crippen molar-refractivity contribution in [2.24, 2.45) is 11.8 Å². The predicted molar refractivity (Wildman–Crippen MR) is 65.6 cm³/mol. The Hall–Kier alpha value is -0.0400. The molecule has 0 aromatic carbocycles. The molecule has 0 aliphatic rings. The summed E-state index contributed by atoms with van der Waals surface area (Å²) in [5.41, 5.74) is 0. The highest BCUT2D eigenvalue weighted by molar-refractivity contribution is 4.57. The summed E-state index contributed by atoms with van der Waals surface area (Å²) in [6, 6.07) is 0. The maximum Gasteiger partial charge on any atom is -0.00258 e. The van der Waals surface area contributed by atoms with Crippen LogP contribution in [0, 0.1) is 11.8 Å². The number of unbranched alkanes of at least 4 members (excludes halogenated alkanes) is 2. The van der Waals surface area contributed by atoms with Gasteiger partial charge in [0.15, 0.2) is 0 Å². The highest BCUT2D eigenvalue weighted by Crippen LogP contribution is 2.11. The number of hydrogen-bond donors (Lipinski definition) is 1. The van der Waals surface area contributed by atoms with Gasteiger partial charge in [-0.05, 0) is 31.3 Å². The van der Waals surface area contributed by atoms with Crippen LogP contribution in [0.2, 0.25) is 0 Å². The average Bonchev–Trinajstić information content (AvgIpc) is 2.13. The van der Waals surface area contributed by atoms with E-state index in [1.807, 2.05) is 0 Å². The quantitative estimate of drug-likeness (QED) is 0.556. The third-order valence-electron chi connectivity index (χ3n) is 2.67. The summed E-state index contributed by atoms with van der Waals surface area (Å²) in [5, 5.41) is 3.51. The Kier molecular flexibility index (Phi) is 9.49. The molecule has 0 spiro atoms. The van der Waals surface area contributed by atoms with Gasteiger partial charge in [-0.3, -0.25) is 0 Å². The molecule has 0 saturated heterocycles. The predicted octanol–water partition coefficient (Wildman–Crippen LogP) is 3.84. The van der Waals surface area contributed by atoms with E-state index < -0.39 is 0 Å². The number of hydrogen-bond acceptors (Lipinski definition) is 1. The molecule has 0 fully saturated rings. The first kappa shape index (κ1) is 14.0. The second-order valence-corrected chi connectivity index (χ2v) is 4.99. The van der Waals surface area contributed by atoms with Gasteiger partial charge >= 0.3 is 0 Å².